The third-order valence-corrected chi connectivity index (χ3v) is 6.56. The Kier molecular flexibility index (Phi) is 5.22. The first-order valence-electron chi connectivity index (χ1n) is 10.7. The van der Waals surface area contributed by atoms with E-state index in [9.17, 15) is 4.79 Å². The molecule has 4 heterocycles. The first-order chi connectivity index (χ1) is 15.4. The van der Waals surface area contributed by atoms with Crippen molar-refractivity contribution >= 4 is 39.6 Å². The molecule has 1 aromatic carbocycles. The summed E-state index contributed by atoms with van der Waals surface area (Å²) in [5.41, 5.74) is 3.39. The molecule has 3 aromatic rings. The number of ether oxygens (including phenoxy) is 1. The first-order valence-corrected chi connectivity index (χ1v) is 11.5. The van der Waals surface area contributed by atoms with Crippen LogP contribution in [0.15, 0.2) is 36.4 Å². The maximum atomic E-state index is 12.6. The zero-order valence-electron chi connectivity index (χ0n) is 18.4. The minimum Gasteiger partial charge on any atom is -0.490 e. The Morgan fingerprint density at radius 3 is 2.97 bits per heavy atom. The summed E-state index contributed by atoms with van der Waals surface area (Å²) >= 11 is 1.44. The highest BCUT2D eigenvalue weighted by Crippen LogP contribution is 2.42. The van der Waals surface area contributed by atoms with Crippen LogP contribution in [0.1, 0.15) is 34.9 Å². The smallest absolute Gasteiger partial charge is 0.263 e. The summed E-state index contributed by atoms with van der Waals surface area (Å²) < 4.78 is 5.89. The van der Waals surface area contributed by atoms with E-state index in [0.717, 1.165) is 45.9 Å². The average molecular weight is 451 g/mol. The summed E-state index contributed by atoms with van der Waals surface area (Å²) in [4.78, 5) is 24.9. The lowest BCUT2D eigenvalue weighted by Gasteiger charge is -2.30. The summed E-state index contributed by atoms with van der Waals surface area (Å²) in [7, 11) is 1.90. The first kappa shape index (κ1) is 20.7. The summed E-state index contributed by atoms with van der Waals surface area (Å²) in [6.07, 6.45) is 0.720. The highest BCUT2D eigenvalue weighted by atomic mass is 32.1. The second kappa shape index (κ2) is 8.07. The van der Waals surface area contributed by atoms with E-state index in [1.165, 1.54) is 11.3 Å². The van der Waals surface area contributed by atoms with Gasteiger partial charge in [-0.2, -0.15) is 0 Å². The molecule has 0 radical (unpaired) electrons. The van der Waals surface area contributed by atoms with Crippen LogP contribution in [0.4, 0.5) is 22.3 Å². The molecular formula is C23H26N6O2S. The van der Waals surface area contributed by atoms with Crippen LogP contribution in [0.3, 0.4) is 0 Å². The minimum atomic E-state index is -0.287. The number of amides is 1. The van der Waals surface area contributed by atoms with Gasteiger partial charge in [0.1, 0.15) is 23.1 Å². The number of fused-ring (bicyclic) bond motifs is 2. The lowest BCUT2D eigenvalue weighted by Crippen LogP contribution is -2.48. The Labute approximate surface area is 191 Å². The maximum Gasteiger partial charge on any atom is 0.263 e. The normalized spacial score (nSPS) is 16.6. The van der Waals surface area contributed by atoms with Crippen molar-refractivity contribution in [1.82, 2.24) is 20.6 Å². The van der Waals surface area contributed by atoms with Gasteiger partial charge in [0.05, 0.1) is 23.6 Å². The van der Waals surface area contributed by atoms with E-state index in [0.29, 0.717) is 24.6 Å². The lowest BCUT2D eigenvalue weighted by atomic mass is 9.94. The van der Waals surface area contributed by atoms with E-state index in [-0.39, 0.29) is 11.4 Å². The van der Waals surface area contributed by atoms with Gasteiger partial charge >= 0.3 is 0 Å². The van der Waals surface area contributed by atoms with Crippen LogP contribution in [-0.2, 0) is 13.0 Å². The highest BCUT2D eigenvalue weighted by Gasteiger charge is 2.34. The van der Waals surface area contributed by atoms with Crippen molar-refractivity contribution in [2.24, 2.45) is 0 Å². The number of carbonyl (C=O) groups excluding carboxylic acids is 1. The number of carbonyl (C=O) groups is 1. The molecule has 5 rings (SSSR count). The highest BCUT2D eigenvalue weighted by molar-refractivity contribution is 7.17. The Hall–Kier alpha value is -3.17. The van der Waals surface area contributed by atoms with Gasteiger partial charge in [-0.25, -0.2) is 9.97 Å². The Morgan fingerprint density at radius 2 is 2.12 bits per heavy atom. The van der Waals surface area contributed by atoms with E-state index >= 15 is 0 Å². The largest absolute Gasteiger partial charge is 0.490 e. The van der Waals surface area contributed by atoms with Gasteiger partial charge in [0.2, 0.25) is 0 Å². The molecule has 2 aliphatic rings. The monoisotopic (exact) mass is 450 g/mol. The predicted octanol–water partition coefficient (Wildman–Crippen LogP) is 3.60. The Morgan fingerprint density at radius 1 is 1.25 bits per heavy atom. The standard InChI is InChI=1S/C23H26N6O2S/c1-23(2)12-16-20(21(30)28-23)32-22(27-16)29-9-10-31-18-8-7-14(11-17(18)29)25-19-6-4-5-15(26-19)13-24-3/h4-8,11,24H,9-10,12-13H2,1-3H3,(H,25,26)(H,28,30). The van der Waals surface area contributed by atoms with E-state index in [2.05, 4.69) is 25.8 Å². The Bertz CT molecular complexity index is 1180. The number of pyridine rings is 1. The van der Waals surface area contributed by atoms with Crippen molar-refractivity contribution in [3.05, 3.63) is 52.7 Å². The van der Waals surface area contributed by atoms with Crippen molar-refractivity contribution in [2.75, 3.05) is 30.4 Å². The van der Waals surface area contributed by atoms with Gasteiger partial charge in [0, 0.05) is 24.2 Å². The summed E-state index contributed by atoms with van der Waals surface area (Å²) in [5, 5.41) is 10.4. The molecule has 166 valence electrons. The van der Waals surface area contributed by atoms with Crippen LogP contribution < -0.4 is 25.6 Å². The summed E-state index contributed by atoms with van der Waals surface area (Å²) in [6, 6.07) is 11.9. The molecule has 0 unspecified atom stereocenters. The molecule has 0 saturated heterocycles. The van der Waals surface area contributed by atoms with Gasteiger partial charge in [-0.3, -0.25) is 4.79 Å². The molecule has 0 saturated carbocycles. The SMILES string of the molecule is CNCc1cccc(Nc2ccc3c(c2)N(c2nc4c(s2)C(=O)NC(C)(C)C4)CCO3)n1. The van der Waals surface area contributed by atoms with Crippen molar-refractivity contribution in [1.29, 1.82) is 0 Å². The predicted molar refractivity (Wildman–Crippen MR) is 127 cm³/mol. The number of hydrogen-bond acceptors (Lipinski definition) is 8. The fourth-order valence-electron chi connectivity index (χ4n) is 4.05. The van der Waals surface area contributed by atoms with Crippen LogP contribution in [0.2, 0.25) is 0 Å². The molecule has 0 bridgehead atoms. The van der Waals surface area contributed by atoms with Crippen LogP contribution in [0.25, 0.3) is 0 Å². The zero-order chi connectivity index (χ0) is 22.3. The van der Waals surface area contributed by atoms with Crippen LogP contribution in [-0.4, -0.2) is 41.6 Å². The van der Waals surface area contributed by atoms with Crippen LogP contribution >= 0.6 is 11.3 Å². The van der Waals surface area contributed by atoms with E-state index < -0.39 is 0 Å². The number of benzene rings is 1. The van der Waals surface area contributed by atoms with Gasteiger partial charge < -0.3 is 25.6 Å². The summed E-state index contributed by atoms with van der Waals surface area (Å²) in [6.45, 7) is 5.99. The number of aromatic nitrogens is 2. The fraction of sp³-hybridized carbons (Fsp3) is 0.348. The fourth-order valence-corrected chi connectivity index (χ4v) is 5.07. The average Bonchev–Trinajstić information content (AvgIpc) is 3.17. The van der Waals surface area contributed by atoms with E-state index in [1.807, 2.05) is 57.3 Å². The van der Waals surface area contributed by atoms with Gasteiger partial charge in [-0.15, -0.1) is 0 Å². The van der Waals surface area contributed by atoms with Gasteiger partial charge in [-0.05, 0) is 51.2 Å². The molecule has 0 fully saturated rings. The Balaban J connectivity index is 1.45. The number of thiazole rings is 1. The van der Waals surface area contributed by atoms with Crippen molar-refractivity contribution < 1.29 is 9.53 Å². The van der Waals surface area contributed by atoms with Gasteiger partial charge in [0.15, 0.2) is 5.13 Å². The van der Waals surface area contributed by atoms with E-state index in [4.69, 9.17) is 9.72 Å². The zero-order valence-corrected chi connectivity index (χ0v) is 19.2. The van der Waals surface area contributed by atoms with Crippen LogP contribution in [0, 0.1) is 0 Å². The number of nitrogens with zero attached hydrogens (tertiary/aromatic N) is 3. The molecule has 1 amide bonds. The molecule has 0 aliphatic carbocycles. The quantitative estimate of drug-likeness (QED) is 0.547. The number of anilines is 4. The molecule has 9 heteroatoms. The number of rotatable bonds is 5. The molecule has 0 atom stereocenters. The second-order valence-corrected chi connectivity index (χ2v) is 9.62. The molecular weight excluding hydrogens is 424 g/mol. The van der Waals surface area contributed by atoms with Crippen molar-refractivity contribution in [3.63, 3.8) is 0 Å². The molecule has 8 nitrogen and oxygen atoms in total. The molecule has 2 aliphatic heterocycles. The molecule has 2 aromatic heterocycles. The van der Waals surface area contributed by atoms with Crippen molar-refractivity contribution in [3.8, 4) is 5.75 Å². The van der Waals surface area contributed by atoms with E-state index in [1.54, 1.807) is 0 Å². The molecule has 32 heavy (non-hydrogen) atoms. The second-order valence-electron chi connectivity index (χ2n) is 8.64. The van der Waals surface area contributed by atoms with Crippen LogP contribution in [0.5, 0.6) is 5.75 Å². The topological polar surface area (TPSA) is 91.4 Å². The third kappa shape index (κ3) is 4.01. The number of nitrogens with one attached hydrogen (secondary N) is 3. The third-order valence-electron chi connectivity index (χ3n) is 5.44. The maximum absolute atomic E-state index is 12.6. The lowest BCUT2D eigenvalue weighted by molar-refractivity contribution is 0.0901. The number of hydrogen-bond donors (Lipinski definition) is 3. The van der Waals surface area contributed by atoms with Gasteiger partial charge in [-0.1, -0.05) is 17.4 Å². The molecule has 0 spiro atoms. The minimum absolute atomic E-state index is 0.0450. The molecule has 3 N–H and O–H groups in total. The summed E-state index contributed by atoms with van der Waals surface area (Å²) in [5.74, 6) is 1.54. The van der Waals surface area contributed by atoms with Gasteiger partial charge in [0.25, 0.3) is 5.91 Å². The van der Waals surface area contributed by atoms with Crippen molar-refractivity contribution in [2.45, 2.75) is 32.4 Å².